The van der Waals surface area contributed by atoms with Crippen LogP contribution >= 0.6 is 0 Å². The zero-order valence-electron chi connectivity index (χ0n) is 20.4. The molecule has 0 bridgehead atoms. The van der Waals surface area contributed by atoms with Crippen LogP contribution in [0.4, 0.5) is 0 Å². The van der Waals surface area contributed by atoms with Crippen molar-refractivity contribution in [1.82, 2.24) is 19.4 Å². The van der Waals surface area contributed by atoms with Crippen LogP contribution in [0.1, 0.15) is 5.69 Å². The van der Waals surface area contributed by atoms with Gasteiger partial charge in [-0.2, -0.15) is 0 Å². The van der Waals surface area contributed by atoms with Crippen LogP contribution in [0.3, 0.4) is 0 Å². The number of furan rings is 1. The third-order valence-electron chi connectivity index (χ3n) is 7.05. The Labute approximate surface area is 216 Å². The second-order valence-corrected chi connectivity index (χ2v) is 9.40. The molecule has 6 nitrogen and oxygen atoms in total. The quantitative estimate of drug-likeness (QED) is 0.233. The molecule has 0 aliphatic rings. The number of fused-ring (bicyclic) bond motifs is 9. The molecule has 8 rings (SSSR count). The number of pyridine rings is 3. The molecule has 180 valence electrons. The normalized spacial score (nSPS) is 11.8. The maximum atomic E-state index is 6.28. The predicted octanol–water partition coefficient (Wildman–Crippen LogP) is 8.10. The summed E-state index contributed by atoms with van der Waals surface area (Å²) in [6, 6.07) is 30.4. The van der Waals surface area contributed by atoms with Crippen molar-refractivity contribution in [3.63, 3.8) is 0 Å². The van der Waals surface area contributed by atoms with Gasteiger partial charge in [-0.25, -0.2) is 15.0 Å². The molecule has 0 aliphatic heterocycles. The smallest absolute Gasteiger partial charge is 0.227 e. The number of para-hydroxylation sites is 2. The maximum Gasteiger partial charge on any atom is 0.227 e. The van der Waals surface area contributed by atoms with E-state index in [0.29, 0.717) is 17.3 Å². The van der Waals surface area contributed by atoms with Crippen LogP contribution in [0.15, 0.2) is 108 Å². The highest BCUT2D eigenvalue weighted by atomic mass is 16.5. The van der Waals surface area contributed by atoms with Crippen LogP contribution in [0.25, 0.3) is 60.6 Å². The van der Waals surface area contributed by atoms with Crippen LogP contribution in [0, 0.1) is 6.92 Å². The Morgan fingerprint density at radius 2 is 1.61 bits per heavy atom. The standard InChI is InChI=1S/C32H20N4O2/c1-19-12-14-24-23-7-4-8-25(30(23)38-32(24)34-19)27-9-5-11-29(35-27)37-20-13-15-21-22-6-2-3-10-28(22)36-17-16-33-31(36)26(21)18-20/h2-18H,1H3. The molecule has 0 saturated carbocycles. The van der Waals surface area contributed by atoms with Gasteiger partial charge in [0, 0.05) is 51.3 Å². The molecule has 0 N–H and O–H groups in total. The average Bonchev–Trinajstić information content (AvgIpc) is 3.58. The fourth-order valence-electron chi connectivity index (χ4n) is 5.33. The van der Waals surface area contributed by atoms with E-state index >= 15 is 0 Å². The molecule has 0 spiro atoms. The summed E-state index contributed by atoms with van der Waals surface area (Å²) in [5.41, 5.74) is 6.01. The van der Waals surface area contributed by atoms with Crippen molar-refractivity contribution in [2.75, 3.05) is 0 Å². The number of nitrogens with zero attached hydrogens (tertiary/aromatic N) is 4. The number of hydrogen-bond donors (Lipinski definition) is 0. The topological polar surface area (TPSA) is 65.5 Å². The second-order valence-electron chi connectivity index (χ2n) is 9.40. The van der Waals surface area contributed by atoms with Gasteiger partial charge in [0.05, 0.1) is 11.2 Å². The number of hydrogen-bond acceptors (Lipinski definition) is 5. The first kappa shape index (κ1) is 20.9. The fourth-order valence-corrected chi connectivity index (χ4v) is 5.33. The van der Waals surface area contributed by atoms with Gasteiger partial charge in [0.15, 0.2) is 0 Å². The molecule has 0 unspecified atom stereocenters. The summed E-state index contributed by atoms with van der Waals surface area (Å²) >= 11 is 0. The summed E-state index contributed by atoms with van der Waals surface area (Å²) in [6.07, 6.45) is 3.82. The van der Waals surface area contributed by atoms with Crippen molar-refractivity contribution in [2.24, 2.45) is 0 Å². The highest BCUT2D eigenvalue weighted by Crippen LogP contribution is 2.36. The number of rotatable bonds is 3. The summed E-state index contributed by atoms with van der Waals surface area (Å²) in [5, 5.41) is 5.34. The molecular formula is C32H20N4O2. The van der Waals surface area contributed by atoms with E-state index in [0.717, 1.165) is 55.2 Å². The molecule has 6 heteroatoms. The third-order valence-corrected chi connectivity index (χ3v) is 7.05. The molecule has 0 radical (unpaired) electrons. The lowest BCUT2D eigenvalue weighted by molar-refractivity contribution is 0.464. The first-order valence-corrected chi connectivity index (χ1v) is 12.4. The molecule has 0 aliphatic carbocycles. The largest absolute Gasteiger partial charge is 0.439 e. The van der Waals surface area contributed by atoms with Crippen molar-refractivity contribution in [3.8, 4) is 22.9 Å². The highest BCUT2D eigenvalue weighted by molar-refractivity contribution is 6.12. The molecule has 0 atom stereocenters. The van der Waals surface area contributed by atoms with Crippen molar-refractivity contribution in [3.05, 3.63) is 109 Å². The lowest BCUT2D eigenvalue weighted by atomic mass is 10.1. The van der Waals surface area contributed by atoms with E-state index in [2.05, 4.69) is 50.8 Å². The number of ether oxygens (including phenoxy) is 1. The van der Waals surface area contributed by atoms with Crippen LogP contribution < -0.4 is 4.74 Å². The van der Waals surface area contributed by atoms with Crippen molar-refractivity contribution in [2.45, 2.75) is 6.92 Å². The van der Waals surface area contributed by atoms with E-state index in [9.17, 15) is 0 Å². The average molecular weight is 493 g/mol. The molecule has 5 heterocycles. The lowest BCUT2D eigenvalue weighted by Crippen LogP contribution is -1.93. The van der Waals surface area contributed by atoms with Gasteiger partial charge in [0.2, 0.25) is 11.6 Å². The van der Waals surface area contributed by atoms with E-state index in [1.54, 1.807) is 0 Å². The van der Waals surface area contributed by atoms with Crippen LogP contribution in [-0.2, 0) is 0 Å². The van der Waals surface area contributed by atoms with Gasteiger partial charge in [-0.15, -0.1) is 0 Å². The summed E-state index contributed by atoms with van der Waals surface area (Å²) in [6.45, 7) is 1.96. The Hall–Kier alpha value is -5.23. The summed E-state index contributed by atoms with van der Waals surface area (Å²) in [5.74, 6) is 1.20. The van der Waals surface area contributed by atoms with Gasteiger partial charge in [-0.05, 0) is 60.8 Å². The Morgan fingerprint density at radius 3 is 2.58 bits per heavy atom. The van der Waals surface area contributed by atoms with Crippen molar-refractivity contribution < 1.29 is 9.15 Å². The minimum atomic E-state index is 0.504. The van der Waals surface area contributed by atoms with Crippen molar-refractivity contribution >= 4 is 49.4 Å². The number of imidazole rings is 1. The number of benzene rings is 3. The van der Waals surface area contributed by atoms with E-state index in [4.69, 9.17) is 14.1 Å². The van der Waals surface area contributed by atoms with Gasteiger partial charge < -0.3 is 9.15 Å². The Morgan fingerprint density at radius 1 is 0.737 bits per heavy atom. The zero-order chi connectivity index (χ0) is 25.2. The highest BCUT2D eigenvalue weighted by Gasteiger charge is 2.15. The minimum absolute atomic E-state index is 0.504. The van der Waals surface area contributed by atoms with Gasteiger partial charge in [-0.3, -0.25) is 4.40 Å². The molecule has 3 aromatic carbocycles. The van der Waals surface area contributed by atoms with Crippen LogP contribution in [0.5, 0.6) is 11.6 Å². The van der Waals surface area contributed by atoms with Gasteiger partial charge in [-0.1, -0.05) is 36.4 Å². The first-order chi connectivity index (χ1) is 18.7. The Balaban J connectivity index is 1.23. The van der Waals surface area contributed by atoms with Gasteiger partial charge in [0.1, 0.15) is 17.0 Å². The molecule has 5 aromatic heterocycles. The van der Waals surface area contributed by atoms with E-state index in [1.165, 1.54) is 5.39 Å². The van der Waals surface area contributed by atoms with E-state index in [-0.39, 0.29) is 0 Å². The monoisotopic (exact) mass is 492 g/mol. The fraction of sp³-hybridized carbons (Fsp3) is 0.0312. The summed E-state index contributed by atoms with van der Waals surface area (Å²) < 4.78 is 14.6. The van der Waals surface area contributed by atoms with Gasteiger partial charge >= 0.3 is 0 Å². The molecule has 8 aromatic rings. The number of aryl methyl sites for hydroxylation is 1. The molecule has 0 saturated heterocycles. The van der Waals surface area contributed by atoms with Crippen LogP contribution in [-0.4, -0.2) is 19.4 Å². The van der Waals surface area contributed by atoms with Crippen molar-refractivity contribution in [1.29, 1.82) is 0 Å². The first-order valence-electron chi connectivity index (χ1n) is 12.4. The predicted molar refractivity (Wildman–Crippen MR) is 150 cm³/mol. The van der Waals surface area contributed by atoms with Gasteiger partial charge in [0.25, 0.3) is 0 Å². The molecule has 0 amide bonds. The zero-order valence-corrected chi connectivity index (χ0v) is 20.4. The van der Waals surface area contributed by atoms with E-state index in [1.807, 2.05) is 73.9 Å². The summed E-state index contributed by atoms with van der Waals surface area (Å²) in [7, 11) is 0. The second kappa shape index (κ2) is 7.88. The summed E-state index contributed by atoms with van der Waals surface area (Å²) in [4.78, 5) is 14.0. The Kier molecular flexibility index (Phi) is 4.34. The molecule has 0 fully saturated rings. The SMILES string of the molecule is Cc1ccc2c(n1)oc1c(-c3cccc(Oc4ccc5c6ccccc6n6ccnc6c5c4)n3)cccc12. The minimum Gasteiger partial charge on any atom is -0.439 e. The number of aromatic nitrogens is 4. The maximum absolute atomic E-state index is 6.28. The third kappa shape index (κ3) is 3.10. The lowest BCUT2D eigenvalue weighted by Gasteiger charge is -2.11. The van der Waals surface area contributed by atoms with Crippen LogP contribution in [0.2, 0.25) is 0 Å². The van der Waals surface area contributed by atoms with E-state index < -0.39 is 0 Å². The molecular weight excluding hydrogens is 472 g/mol. The Bertz CT molecular complexity index is 2190. The molecule has 38 heavy (non-hydrogen) atoms.